The van der Waals surface area contributed by atoms with E-state index >= 15 is 0 Å². The van der Waals surface area contributed by atoms with Crippen molar-refractivity contribution in [3.8, 4) is 0 Å². The van der Waals surface area contributed by atoms with Crippen molar-refractivity contribution in [2.45, 2.75) is 27.7 Å². The van der Waals surface area contributed by atoms with Gasteiger partial charge >= 0.3 is 0 Å². The quantitative estimate of drug-likeness (QED) is 0.712. The molecule has 0 aromatic heterocycles. The van der Waals surface area contributed by atoms with Gasteiger partial charge in [-0.3, -0.25) is 9.59 Å². The summed E-state index contributed by atoms with van der Waals surface area (Å²) >= 11 is 5.17. The fraction of sp³-hybridized carbons (Fsp3) is 0.250. The van der Waals surface area contributed by atoms with Crippen LogP contribution in [0, 0.1) is 12.3 Å². The minimum absolute atomic E-state index is 0.177. The molecular weight excluding hydrogens is 346 g/mol. The summed E-state index contributed by atoms with van der Waals surface area (Å²) in [6, 6.07) is 14.5. The van der Waals surface area contributed by atoms with Gasteiger partial charge in [0.2, 0.25) is 5.91 Å². The van der Waals surface area contributed by atoms with Crippen molar-refractivity contribution in [2.75, 3.05) is 10.6 Å². The van der Waals surface area contributed by atoms with Crippen LogP contribution in [0.25, 0.3) is 0 Å². The maximum absolute atomic E-state index is 12.4. The van der Waals surface area contributed by atoms with Crippen LogP contribution in [-0.2, 0) is 4.79 Å². The van der Waals surface area contributed by atoms with Gasteiger partial charge in [-0.15, -0.1) is 0 Å². The Morgan fingerprint density at radius 2 is 1.54 bits per heavy atom. The van der Waals surface area contributed by atoms with Gasteiger partial charge in [0.15, 0.2) is 5.11 Å². The molecule has 0 heterocycles. The third kappa shape index (κ3) is 5.67. The van der Waals surface area contributed by atoms with E-state index in [-0.39, 0.29) is 16.9 Å². The number of nitrogens with one attached hydrogen (secondary N) is 3. The molecule has 6 heteroatoms. The van der Waals surface area contributed by atoms with Crippen molar-refractivity contribution in [3.63, 3.8) is 0 Å². The molecule has 0 saturated carbocycles. The van der Waals surface area contributed by atoms with Gasteiger partial charge in [0.25, 0.3) is 5.91 Å². The monoisotopic (exact) mass is 369 g/mol. The molecule has 136 valence electrons. The Morgan fingerprint density at radius 3 is 2.15 bits per heavy atom. The number of carbonyl (C=O) groups is 2. The molecule has 0 aliphatic heterocycles. The van der Waals surface area contributed by atoms with E-state index in [4.69, 9.17) is 12.2 Å². The van der Waals surface area contributed by atoms with E-state index in [1.807, 2.05) is 31.2 Å². The zero-order valence-corrected chi connectivity index (χ0v) is 16.2. The maximum Gasteiger partial charge on any atom is 0.255 e. The average molecular weight is 369 g/mol. The van der Waals surface area contributed by atoms with Crippen LogP contribution in [0.1, 0.15) is 36.7 Å². The molecule has 0 saturated heterocycles. The highest BCUT2D eigenvalue weighted by atomic mass is 32.1. The molecule has 2 rings (SSSR count). The molecule has 0 aliphatic carbocycles. The number of aryl methyl sites for hydroxylation is 1. The van der Waals surface area contributed by atoms with Gasteiger partial charge < -0.3 is 16.0 Å². The number of amides is 2. The summed E-state index contributed by atoms with van der Waals surface area (Å²) < 4.78 is 0. The molecule has 0 aliphatic rings. The first kappa shape index (κ1) is 19.6. The number of carbonyl (C=O) groups excluding carboxylic acids is 2. The number of thiocarbonyl (C=S) groups is 1. The summed E-state index contributed by atoms with van der Waals surface area (Å²) in [5.41, 5.74) is 2.38. The SMILES string of the molecule is Cc1cccc(NC(=O)c2cccc(NC(=S)NC(=O)C(C)(C)C)c2)c1. The number of benzene rings is 2. The molecule has 26 heavy (non-hydrogen) atoms. The van der Waals surface area contributed by atoms with Crippen LogP contribution in [0.5, 0.6) is 0 Å². The van der Waals surface area contributed by atoms with Gasteiger partial charge in [-0.1, -0.05) is 39.0 Å². The summed E-state index contributed by atoms with van der Waals surface area (Å²) in [6.07, 6.45) is 0. The Labute approximate surface area is 159 Å². The Morgan fingerprint density at radius 1 is 0.923 bits per heavy atom. The topological polar surface area (TPSA) is 70.2 Å². The maximum atomic E-state index is 12.4. The van der Waals surface area contributed by atoms with Gasteiger partial charge in [0.05, 0.1) is 0 Å². The Bertz CT molecular complexity index is 841. The van der Waals surface area contributed by atoms with Gasteiger partial charge in [0, 0.05) is 22.4 Å². The van der Waals surface area contributed by atoms with Crippen molar-refractivity contribution < 1.29 is 9.59 Å². The second-order valence-electron chi connectivity index (χ2n) is 7.06. The Balaban J connectivity index is 2.04. The lowest BCUT2D eigenvalue weighted by atomic mass is 9.96. The van der Waals surface area contributed by atoms with E-state index < -0.39 is 5.41 Å². The lowest BCUT2D eigenvalue weighted by molar-refractivity contribution is -0.126. The molecule has 2 amide bonds. The summed E-state index contributed by atoms with van der Waals surface area (Å²) in [6.45, 7) is 7.39. The fourth-order valence-corrected chi connectivity index (χ4v) is 2.33. The summed E-state index contributed by atoms with van der Waals surface area (Å²) in [5, 5.41) is 8.63. The number of rotatable bonds is 3. The van der Waals surface area contributed by atoms with Crippen LogP contribution in [0.3, 0.4) is 0 Å². The number of hydrogen-bond donors (Lipinski definition) is 3. The van der Waals surface area contributed by atoms with Gasteiger partial charge in [-0.2, -0.15) is 0 Å². The molecule has 3 N–H and O–H groups in total. The van der Waals surface area contributed by atoms with E-state index in [0.29, 0.717) is 11.3 Å². The normalized spacial score (nSPS) is 10.8. The van der Waals surface area contributed by atoms with E-state index in [1.165, 1.54) is 0 Å². The van der Waals surface area contributed by atoms with Crippen molar-refractivity contribution in [3.05, 3.63) is 59.7 Å². The zero-order valence-electron chi connectivity index (χ0n) is 15.3. The third-order valence-electron chi connectivity index (χ3n) is 3.57. The molecule has 0 unspecified atom stereocenters. The van der Waals surface area contributed by atoms with Crippen LogP contribution in [-0.4, -0.2) is 16.9 Å². The van der Waals surface area contributed by atoms with E-state index in [1.54, 1.807) is 45.0 Å². The van der Waals surface area contributed by atoms with Crippen LogP contribution in [0.2, 0.25) is 0 Å². The summed E-state index contributed by atoms with van der Waals surface area (Å²) in [7, 11) is 0. The smallest absolute Gasteiger partial charge is 0.255 e. The first-order valence-corrected chi connectivity index (χ1v) is 8.66. The molecule has 2 aromatic rings. The van der Waals surface area contributed by atoms with E-state index in [2.05, 4.69) is 16.0 Å². The molecule has 5 nitrogen and oxygen atoms in total. The minimum Gasteiger partial charge on any atom is -0.332 e. The van der Waals surface area contributed by atoms with E-state index in [9.17, 15) is 9.59 Å². The molecule has 0 fully saturated rings. The second kappa shape index (κ2) is 8.10. The predicted octanol–water partition coefficient (Wildman–Crippen LogP) is 4.11. The highest BCUT2D eigenvalue weighted by Crippen LogP contribution is 2.16. The molecule has 0 bridgehead atoms. The van der Waals surface area contributed by atoms with Crippen molar-refractivity contribution in [1.82, 2.24) is 5.32 Å². The lowest BCUT2D eigenvalue weighted by Gasteiger charge is -2.18. The summed E-state index contributed by atoms with van der Waals surface area (Å²) in [4.78, 5) is 24.4. The molecule has 0 radical (unpaired) electrons. The second-order valence-corrected chi connectivity index (χ2v) is 7.47. The van der Waals surface area contributed by atoms with Crippen LogP contribution >= 0.6 is 12.2 Å². The molecule has 0 atom stereocenters. The molecule has 0 spiro atoms. The van der Waals surface area contributed by atoms with Crippen molar-refractivity contribution in [2.24, 2.45) is 5.41 Å². The fourth-order valence-electron chi connectivity index (χ4n) is 2.12. The lowest BCUT2D eigenvalue weighted by Crippen LogP contribution is -2.41. The average Bonchev–Trinajstić information content (AvgIpc) is 2.54. The largest absolute Gasteiger partial charge is 0.332 e. The van der Waals surface area contributed by atoms with Gasteiger partial charge in [-0.05, 0) is 55.0 Å². The zero-order chi connectivity index (χ0) is 19.3. The summed E-state index contributed by atoms with van der Waals surface area (Å²) in [5.74, 6) is -0.396. The Kier molecular flexibility index (Phi) is 6.10. The van der Waals surface area contributed by atoms with Crippen molar-refractivity contribution >= 4 is 40.5 Å². The molecular formula is C20H23N3O2S. The first-order chi connectivity index (χ1) is 12.1. The van der Waals surface area contributed by atoms with Gasteiger partial charge in [-0.25, -0.2) is 0 Å². The standard InChI is InChI=1S/C20H23N3O2S/c1-13-7-5-9-15(11-13)21-17(24)14-8-6-10-16(12-14)22-19(26)23-18(25)20(2,3)4/h5-12H,1-4H3,(H,21,24)(H2,22,23,25,26). The number of anilines is 2. The highest BCUT2D eigenvalue weighted by Gasteiger charge is 2.22. The van der Waals surface area contributed by atoms with Crippen LogP contribution in [0.4, 0.5) is 11.4 Å². The van der Waals surface area contributed by atoms with Crippen molar-refractivity contribution in [1.29, 1.82) is 0 Å². The Hall–Kier alpha value is -2.73. The van der Waals surface area contributed by atoms with Crippen LogP contribution < -0.4 is 16.0 Å². The van der Waals surface area contributed by atoms with Gasteiger partial charge in [0.1, 0.15) is 0 Å². The molecule has 2 aromatic carbocycles. The third-order valence-corrected chi connectivity index (χ3v) is 3.77. The number of hydrogen-bond acceptors (Lipinski definition) is 3. The minimum atomic E-state index is -0.540. The first-order valence-electron chi connectivity index (χ1n) is 8.26. The van der Waals surface area contributed by atoms with Crippen LogP contribution in [0.15, 0.2) is 48.5 Å². The van der Waals surface area contributed by atoms with E-state index in [0.717, 1.165) is 11.3 Å². The highest BCUT2D eigenvalue weighted by molar-refractivity contribution is 7.80. The predicted molar refractivity (Wildman–Crippen MR) is 109 cm³/mol.